The molecule has 0 spiro atoms. The van der Waals surface area contributed by atoms with Crippen molar-refractivity contribution in [3.63, 3.8) is 0 Å². The zero-order chi connectivity index (χ0) is 16.7. The van der Waals surface area contributed by atoms with Crippen molar-refractivity contribution >= 4 is 30.1 Å². The summed E-state index contributed by atoms with van der Waals surface area (Å²) < 4.78 is 11.2. The Kier molecular flexibility index (Phi) is 9.76. The Balaban J connectivity index is 0.00000288. The molecule has 0 aliphatic carbocycles. The van der Waals surface area contributed by atoms with Gasteiger partial charge in [-0.05, 0) is 37.5 Å². The predicted octanol–water partition coefficient (Wildman–Crippen LogP) is 1.58. The van der Waals surface area contributed by atoms with E-state index in [9.17, 15) is 4.79 Å². The number of nitrogens with one attached hydrogen (secondary N) is 1. The lowest BCUT2D eigenvalue weighted by molar-refractivity contribution is -0.122. The van der Waals surface area contributed by atoms with Gasteiger partial charge < -0.3 is 20.2 Å². The summed E-state index contributed by atoms with van der Waals surface area (Å²) in [5.41, 5.74) is 5.93. The summed E-state index contributed by atoms with van der Waals surface area (Å²) in [6.45, 7) is 5.50. The predicted molar refractivity (Wildman–Crippen MR) is 99.8 cm³/mol. The van der Waals surface area contributed by atoms with Gasteiger partial charge in [-0.25, -0.2) is 0 Å². The summed E-state index contributed by atoms with van der Waals surface area (Å²) >= 11 is 1.70. The third kappa shape index (κ3) is 6.29. The van der Waals surface area contributed by atoms with Crippen LogP contribution >= 0.6 is 24.2 Å². The molecule has 1 amide bonds. The fourth-order valence-corrected chi connectivity index (χ4v) is 3.13. The second-order valence-corrected chi connectivity index (χ2v) is 6.73. The van der Waals surface area contributed by atoms with E-state index in [-0.39, 0.29) is 24.4 Å². The van der Waals surface area contributed by atoms with Gasteiger partial charge in [0, 0.05) is 19.6 Å². The summed E-state index contributed by atoms with van der Waals surface area (Å²) in [5, 5.41) is 2.98. The van der Waals surface area contributed by atoms with E-state index in [1.807, 2.05) is 25.3 Å². The van der Waals surface area contributed by atoms with Crippen LogP contribution in [0.5, 0.6) is 0 Å². The highest BCUT2D eigenvalue weighted by Gasteiger charge is 2.26. The number of furan rings is 1. The Hall–Kier alpha value is -0.730. The van der Waals surface area contributed by atoms with Gasteiger partial charge in [-0.15, -0.1) is 12.4 Å². The third-order valence-electron chi connectivity index (χ3n) is 4.02. The Labute approximate surface area is 154 Å². The average molecular weight is 378 g/mol. The number of ether oxygens (including phenoxy) is 1. The number of aryl methyl sites for hydroxylation is 1. The smallest absolute Gasteiger partial charge is 0.237 e. The van der Waals surface area contributed by atoms with E-state index in [1.54, 1.807) is 11.8 Å². The van der Waals surface area contributed by atoms with Crippen LogP contribution in [0, 0.1) is 6.92 Å². The second-order valence-electron chi connectivity index (χ2n) is 5.75. The summed E-state index contributed by atoms with van der Waals surface area (Å²) in [6.07, 6.45) is 2.70. The molecule has 3 N–H and O–H groups in total. The van der Waals surface area contributed by atoms with Crippen molar-refractivity contribution in [1.82, 2.24) is 10.2 Å². The standard InChI is InChI=1S/C16H27N3O3S.ClH/c1-12-3-4-15(22-12)14(19-6-8-21-9-7-19)11-18-16(20)13(17)5-10-23-2;/h3-4,13-14H,5-11,17H2,1-2H3,(H,18,20);1H. The first-order valence-electron chi connectivity index (χ1n) is 8.02. The molecular formula is C16H28ClN3O3S. The minimum Gasteiger partial charge on any atom is -0.465 e. The minimum atomic E-state index is -0.453. The lowest BCUT2D eigenvalue weighted by atomic mass is 10.1. The fraction of sp³-hybridized carbons (Fsp3) is 0.688. The van der Waals surface area contributed by atoms with Gasteiger partial charge in [0.15, 0.2) is 0 Å². The van der Waals surface area contributed by atoms with Crippen LogP contribution in [0.1, 0.15) is 24.0 Å². The summed E-state index contributed by atoms with van der Waals surface area (Å²) in [5.74, 6) is 2.54. The Morgan fingerprint density at radius 3 is 2.71 bits per heavy atom. The van der Waals surface area contributed by atoms with Crippen molar-refractivity contribution < 1.29 is 13.9 Å². The number of nitrogens with two attached hydrogens (primary N) is 1. The van der Waals surface area contributed by atoms with Crippen LogP contribution in [0.4, 0.5) is 0 Å². The maximum Gasteiger partial charge on any atom is 0.237 e. The number of halogens is 1. The topological polar surface area (TPSA) is 80.7 Å². The molecule has 138 valence electrons. The normalized spacial score (nSPS) is 17.8. The minimum absolute atomic E-state index is 0. The van der Waals surface area contributed by atoms with Gasteiger partial charge >= 0.3 is 0 Å². The van der Waals surface area contributed by atoms with E-state index < -0.39 is 6.04 Å². The van der Waals surface area contributed by atoms with Crippen LogP contribution in [0.3, 0.4) is 0 Å². The molecule has 0 radical (unpaired) electrons. The number of hydrogen-bond donors (Lipinski definition) is 2. The van der Waals surface area contributed by atoms with E-state index in [0.717, 1.165) is 30.4 Å². The van der Waals surface area contributed by atoms with E-state index in [4.69, 9.17) is 14.9 Å². The maximum atomic E-state index is 12.2. The van der Waals surface area contributed by atoms with Gasteiger partial charge in [-0.1, -0.05) is 0 Å². The molecule has 1 aromatic heterocycles. The van der Waals surface area contributed by atoms with Crippen LogP contribution < -0.4 is 11.1 Å². The highest BCUT2D eigenvalue weighted by molar-refractivity contribution is 7.98. The molecule has 1 fully saturated rings. The Bertz CT molecular complexity index is 495. The van der Waals surface area contributed by atoms with Crippen molar-refractivity contribution in [2.45, 2.75) is 25.4 Å². The first kappa shape index (κ1) is 21.3. The van der Waals surface area contributed by atoms with Gasteiger partial charge in [-0.2, -0.15) is 11.8 Å². The molecule has 1 saturated heterocycles. The lowest BCUT2D eigenvalue weighted by Gasteiger charge is -2.33. The molecule has 2 rings (SSSR count). The Morgan fingerprint density at radius 2 is 2.12 bits per heavy atom. The zero-order valence-corrected chi connectivity index (χ0v) is 16.0. The average Bonchev–Trinajstić information content (AvgIpc) is 2.99. The molecule has 1 aromatic rings. The quantitative estimate of drug-likeness (QED) is 0.716. The molecule has 0 aromatic carbocycles. The van der Waals surface area contributed by atoms with Crippen LogP contribution in [-0.2, 0) is 9.53 Å². The van der Waals surface area contributed by atoms with Gasteiger partial charge in [0.25, 0.3) is 0 Å². The molecule has 2 atom stereocenters. The van der Waals surface area contributed by atoms with Gasteiger partial charge in [0.1, 0.15) is 11.5 Å². The number of hydrogen-bond acceptors (Lipinski definition) is 6. The fourth-order valence-electron chi connectivity index (χ4n) is 2.64. The van der Waals surface area contributed by atoms with E-state index in [2.05, 4.69) is 10.2 Å². The maximum absolute atomic E-state index is 12.2. The monoisotopic (exact) mass is 377 g/mol. The highest BCUT2D eigenvalue weighted by atomic mass is 35.5. The lowest BCUT2D eigenvalue weighted by Crippen LogP contribution is -2.47. The number of thioether (sulfide) groups is 1. The molecular weight excluding hydrogens is 350 g/mol. The van der Waals surface area contributed by atoms with E-state index >= 15 is 0 Å². The first-order chi connectivity index (χ1) is 11.1. The van der Waals surface area contributed by atoms with Crippen molar-refractivity contribution in [3.8, 4) is 0 Å². The van der Waals surface area contributed by atoms with Crippen molar-refractivity contribution in [3.05, 3.63) is 23.7 Å². The van der Waals surface area contributed by atoms with Crippen LogP contribution in [0.15, 0.2) is 16.5 Å². The SMILES string of the molecule is CSCCC(N)C(=O)NCC(c1ccc(C)o1)N1CCOCC1.Cl. The molecule has 0 bridgehead atoms. The summed E-state index contributed by atoms with van der Waals surface area (Å²) in [7, 11) is 0. The van der Waals surface area contributed by atoms with Crippen molar-refractivity contribution in [2.75, 3.05) is 44.9 Å². The highest BCUT2D eigenvalue weighted by Crippen LogP contribution is 2.23. The van der Waals surface area contributed by atoms with Gasteiger partial charge in [-0.3, -0.25) is 9.69 Å². The molecule has 1 aliphatic heterocycles. The molecule has 8 heteroatoms. The third-order valence-corrected chi connectivity index (χ3v) is 4.66. The first-order valence-corrected chi connectivity index (χ1v) is 9.41. The number of nitrogens with zero attached hydrogens (tertiary/aromatic N) is 1. The molecule has 24 heavy (non-hydrogen) atoms. The number of morpholine rings is 1. The van der Waals surface area contributed by atoms with Crippen molar-refractivity contribution in [2.24, 2.45) is 5.73 Å². The number of amides is 1. The number of carbonyl (C=O) groups excluding carboxylic acids is 1. The van der Waals surface area contributed by atoms with E-state index in [0.29, 0.717) is 26.2 Å². The van der Waals surface area contributed by atoms with Crippen LogP contribution in [-0.4, -0.2) is 61.7 Å². The second kappa shape index (κ2) is 11.0. The Morgan fingerprint density at radius 1 is 1.42 bits per heavy atom. The summed E-state index contributed by atoms with van der Waals surface area (Å²) in [6, 6.07) is 3.50. The largest absolute Gasteiger partial charge is 0.465 e. The molecule has 6 nitrogen and oxygen atoms in total. The molecule has 0 saturated carbocycles. The number of carbonyl (C=O) groups is 1. The van der Waals surface area contributed by atoms with Gasteiger partial charge in [0.05, 0.1) is 25.3 Å². The number of rotatable bonds is 8. The van der Waals surface area contributed by atoms with E-state index in [1.165, 1.54) is 0 Å². The molecule has 2 heterocycles. The van der Waals surface area contributed by atoms with Crippen LogP contribution in [0.25, 0.3) is 0 Å². The molecule has 2 unspecified atom stereocenters. The zero-order valence-electron chi connectivity index (χ0n) is 14.3. The van der Waals surface area contributed by atoms with Gasteiger partial charge in [0.2, 0.25) is 5.91 Å². The van der Waals surface area contributed by atoms with Crippen molar-refractivity contribution in [1.29, 1.82) is 0 Å². The molecule has 1 aliphatic rings. The van der Waals surface area contributed by atoms with Crippen LogP contribution in [0.2, 0.25) is 0 Å². The summed E-state index contributed by atoms with van der Waals surface area (Å²) in [4.78, 5) is 14.4.